The van der Waals surface area contributed by atoms with Gasteiger partial charge >= 0.3 is 5.97 Å². The lowest BCUT2D eigenvalue weighted by Gasteiger charge is -2.27. The summed E-state index contributed by atoms with van der Waals surface area (Å²) in [6.07, 6.45) is 3.42. The van der Waals surface area contributed by atoms with Crippen LogP contribution in [0.3, 0.4) is 0 Å². The van der Waals surface area contributed by atoms with Gasteiger partial charge in [-0.25, -0.2) is 0 Å². The van der Waals surface area contributed by atoms with Crippen molar-refractivity contribution in [3.63, 3.8) is 0 Å². The van der Waals surface area contributed by atoms with Crippen LogP contribution >= 0.6 is 0 Å². The molecule has 1 heterocycles. The first-order chi connectivity index (χ1) is 11.6. The quantitative estimate of drug-likeness (QED) is 0.894. The summed E-state index contributed by atoms with van der Waals surface area (Å²) in [6.45, 7) is 6.08. The van der Waals surface area contributed by atoms with Crippen molar-refractivity contribution in [1.82, 2.24) is 0 Å². The zero-order chi connectivity index (χ0) is 17.2. The Labute approximate surface area is 143 Å². The van der Waals surface area contributed by atoms with Crippen molar-refractivity contribution in [3.05, 3.63) is 65.2 Å². The van der Waals surface area contributed by atoms with Gasteiger partial charge < -0.3 is 10.0 Å². The summed E-state index contributed by atoms with van der Waals surface area (Å²) in [5.41, 5.74) is 3.01. The molecule has 1 N–H and O–H groups in total. The van der Waals surface area contributed by atoms with Crippen LogP contribution < -0.4 is 4.90 Å². The summed E-state index contributed by atoms with van der Waals surface area (Å²) in [5, 5.41) is 9.94. The molecule has 1 unspecified atom stereocenters. The predicted molar refractivity (Wildman–Crippen MR) is 97.8 cm³/mol. The highest BCUT2D eigenvalue weighted by molar-refractivity contribution is 5.85. The molecule has 0 bridgehead atoms. The van der Waals surface area contributed by atoms with Crippen LogP contribution in [-0.2, 0) is 16.6 Å². The number of hydrogen-bond acceptors (Lipinski definition) is 2. The average Bonchev–Trinajstić information content (AvgIpc) is 3.16. The lowest BCUT2D eigenvalue weighted by Crippen LogP contribution is -2.33. The van der Waals surface area contributed by atoms with Crippen LogP contribution in [0.1, 0.15) is 43.4 Å². The van der Waals surface area contributed by atoms with Crippen LogP contribution in [0.2, 0.25) is 0 Å². The molecular weight excluding hydrogens is 298 g/mol. The molecule has 1 aliphatic rings. The van der Waals surface area contributed by atoms with E-state index in [0.29, 0.717) is 0 Å². The van der Waals surface area contributed by atoms with Crippen molar-refractivity contribution in [3.8, 4) is 0 Å². The van der Waals surface area contributed by atoms with E-state index in [1.165, 1.54) is 24.1 Å². The molecule has 1 aliphatic heterocycles. The van der Waals surface area contributed by atoms with Gasteiger partial charge in [-0.3, -0.25) is 4.79 Å². The molecule has 0 aliphatic carbocycles. The maximum absolute atomic E-state index is 12.1. The Morgan fingerprint density at radius 3 is 1.96 bits per heavy atom. The number of rotatable bonds is 5. The summed E-state index contributed by atoms with van der Waals surface area (Å²) < 4.78 is 0. The topological polar surface area (TPSA) is 40.5 Å². The number of carboxylic acid groups (broad SMARTS) is 1. The van der Waals surface area contributed by atoms with Crippen LogP contribution in [0.15, 0.2) is 48.5 Å². The second-order valence-electron chi connectivity index (χ2n) is 6.72. The molecule has 1 atom stereocenters. The Kier molecular flexibility index (Phi) is 4.61. The Morgan fingerprint density at radius 1 is 1.00 bits per heavy atom. The van der Waals surface area contributed by atoms with Crippen molar-refractivity contribution in [1.29, 1.82) is 0 Å². The summed E-state index contributed by atoms with van der Waals surface area (Å²) >= 11 is 0. The molecule has 1 fully saturated rings. The number of aliphatic carboxylic acids is 1. The number of hydrogen-bond donors (Lipinski definition) is 1. The predicted octanol–water partition coefficient (Wildman–Crippen LogP) is 4.24. The van der Waals surface area contributed by atoms with E-state index >= 15 is 0 Å². The zero-order valence-corrected chi connectivity index (χ0v) is 14.5. The molecule has 3 rings (SSSR count). The van der Waals surface area contributed by atoms with Gasteiger partial charge in [0.2, 0.25) is 0 Å². The maximum Gasteiger partial charge on any atom is 0.318 e. The second-order valence-corrected chi connectivity index (χ2v) is 6.72. The van der Waals surface area contributed by atoms with E-state index in [0.717, 1.165) is 30.6 Å². The molecule has 126 valence electrons. The third-order valence-electron chi connectivity index (χ3n) is 5.28. The third kappa shape index (κ3) is 2.91. The van der Waals surface area contributed by atoms with Gasteiger partial charge in [-0.1, -0.05) is 43.3 Å². The van der Waals surface area contributed by atoms with Crippen LogP contribution in [0, 0.1) is 0 Å². The minimum atomic E-state index is -1.03. The summed E-state index contributed by atoms with van der Waals surface area (Å²) in [6, 6.07) is 16.0. The van der Waals surface area contributed by atoms with Gasteiger partial charge in [0.05, 0.1) is 0 Å². The van der Waals surface area contributed by atoms with Crippen molar-refractivity contribution in [2.24, 2.45) is 0 Å². The molecule has 0 saturated carbocycles. The Morgan fingerprint density at radius 2 is 1.50 bits per heavy atom. The second kappa shape index (κ2) is 6.68. The number of anilines is 1. The fourth-order valence-electron chi connectivity index (χ4n) is 3.47. The van der Waals surface area contributed by atoms with Crippen LogP contribution in [0.4, 0.5) is 5.69 Å². The molecule has 0 radical (unpaired) electrons. The average molecular weight is 323 g/mol. The number of carboxylic acids is 1. The fourth-order valence-corrected chi connectivity index (χ4v) is 3.47. The van der Waals surface area contributed by atoms with Gasteiger partial charge in [0.1, 0.15) is 5.41 Å². The van der Waals surface area contributed by atoms with Crippen molar-refractivity contribution in [2.45, 2.75) is 38.5 Å². The van der Waals surface area contributed by atoms with E-state index in [4.69, 9.17) is 0 Å². The molecular formula is C21H25NO2. The summed E-state index contributed by atoms with van der Waals surface area (Å²) in [5.74, 6) is -0.819. The van der Waals surface area contributed by atoms with Crippen LogP contribution in [0.25, 0.3) is 0 Å². The smallest absolute Gasteiger partial charge is 0.318 e. The molecule has 2 aromatic rings. The Hall–Kier alpha value is -2.29. The van der Waals surface area contributed by atoms with E-state index in [-0.39, 0.29) is 0 Å². The summed E-state index contributed by atoms with van der Waals surface area (Å²) in [4.78, 5) is 14.5. The molecule has 3 heteroatoms. The normalized spacial score (nSPS) is 16.8. The highest BCUT2D eigenvalue weighted by atomic mass is 16.4. The van der Waals surface area contributed by atoms with Crippen molar-refractivity contribution < 1.29 is 9.90 Å². The van der Waals surface area contributed by atoms with Gasteiger partial charge in [-0.05, 0) is 55.0 Å². The first-order valence-electron chi connectivity index (χ1n) is 8.74. The zero-order valence-electron chi connectivity index (χ0n) is 14.5. The number of carbonyl (C=O) groups is 1. The molecule has 0 amide bonds. The van der Waals surface area contributed by atoms with Gasteiger partial charge in [-0.15, -0.1) is 0 Å². The van der Waals surface area contributed by atoms with Crippen LogP contribution in [0.5, 0.6) is 0 Å². The maximum atomic E-state index is 12.1. The van der Waals surface area contributed by atoms with Gasteiger partial charge in [-0.2, -0.15) is 0 Å². The first-order valence-corrected chi connectivity index (χ1v) is 8.74. The fraction of sp³-hybridized carbons (Fsp3) is 0.381. The number of nitrogens with zero attached hydrogens (tertiary/aromatic N) is 1. The minimum absolute atomic E-state index is 0.819. The molecule has 1 saturated heterocycles. The standard InChI is InChI=1S/C21H25NO2/c1-3-16-6-8-17(9-7-16)21(2,20(23)24)18-10-12-19(13-11-18)22-14-4-5-15-22/h6-13H,3-5,14-15H2,1-2H3,(H,23,24). The van der Waals surface area contributed by atoms with Crippen molar-refractivity contribution in [2.75, 3.05) is 18.0 Å². The summed E-state index contributed by atoms with van der Waals surface area (Å²) in [7, 11) is 0. The largest absolute Gasteiger partial charge is 0.480 e. The highest BCUT2D eigenvalue weighted by Gasteiger charge is 2.37. The van der Waals surface area contributed by atoms with E-state index in [1.807, 2.05) is 36.4 Å². The van der Waals surface area contributed by atoms with Gasteiger partial charge in [0, 0.05) is 18.8 Å². The molecule has 0 aromatic heterocycles. The third-order valence-corrected chi connectivity index (χ3v) is 5.28. The molecule has 24 heavy (non-hydrogen) atoms. The monoisotopic (exact) mass is 323 g/mol. The minimum Gasteiger partial charge on any atom is -0.480 e. The first kappa shape index (κ1) is 16.6. The van der Waals surface area contributed by atoms with E-state index in [2.05, 4.69) is 24.0 Å². The lowest BCUT2D eigenvalue weighted by molar-refractivity contribution is -0.141. The number of benzene rings is 2. The van der Waals surface area contributed by atoms with Gasteiger partial charge in [0.25, 0.3) is 0 Å². The van der Waals surface area contributed by atoms with E-state index in [9.17, 15) is 9.90 Å². The SMILES string of the molecule is CCc1ccc(C(C)(C(=O)O)c2ccc(N3CCCC3)cc2)cc1. The van der Waals surface area contributed by atoms with E-state index < -0.39 is 11.4 Å². The Balaban J connectivity index is 1.95. The van der Waals surface area contributed by atoms with Crippen LogP contribution in [-0.4, -0.2) is 24.2 Å². The Bertz CT molecular complexity index is 700. The van der Waals surface area contributed by atoms with Crippen molar-refractivity contribution >= 4 is 11.7 Å². The van der Waals surface area contributed by atoms with Gasteiger partial charge in [0.15, 0.2) is 0 Å². The molecule has 0 spiro atoms. The highest BCUT2D eigenvalue weighted by Crippen LogP contribution is 2.34. The molecule has 3 nitrogen and oxygen atoms in total. The lowest BCUT2D eigenvalue weighted by atomic mass is 9.76. The van der Waals surface area contributed by atoms with E-state index in [1.54, 1.807) is 6.92 Å². The number of aryl methyl sites for hydroxylation is 1. The molecule has 2 aromatic carbocycles.